The second kappa shape index (κ2) is 6.70. The van der Waals surface area contributed by atoms with Gasteiger partial charge in [0.15, 0.2) is 0 Å². The van der Waals surface area contributed by atoms with Crippen molar-refractivity contribution >= 4 is 11.6 Å². The lowest BCUT2D eigenvalue weighted by atomic mass is 9.97. The molecule has 0 aromatic rings. The topological polar surface area (TPSA) is 3.24 Å². The van der Waals surface area contributed by atoms with E-state index in [0.29, 0.717) is 18.7 Å². The summed E-state index contributed by atoms with van der Waals surface area (Å²) >= 11 is 5.54. The van der Waals surface area contributed by atoms with E-state index in [1.54, 1.807) is 0 Å². The van der Waals surface area contributed by atoms with E-state index in [2.05, 4.69) is 0 Å². The number of rotatable bonds is 5. The molecule has 1 rings (SSSR count). The van der Waals surface area contributed by atoms with E-state index >= 15 is 0 Å². The van der Waals surface area contributed by atoms with E-state index in [-0.39, 0.29) is 6.54 Å². The van der Waals surface area contributed by atoms with Crippen LogP contribution < -0.4 is 0 Å². The Labute approximate surface area is 99.9 Å². The molecule has 0 bridgehead atoms. The Morgan fingerprint density at radius 2 is 1.94 bits per heavy atom. The fourth-order valence-electron chi connectivity index (χ4n) is 2.13. The smallest absolute Gasteiger partial charge is 0.303 e. The van der Waals surface area contributed by atoms with E-state index in [0.717, 1.165) is 32.4 Å². The number of nitrogens with zero attached hydrogens (tertiary/aromatic N) is 1. The Kier molecular flexibility index (Phi) is 5.90. The molecule has 0 spiro atoms. The third kappa shape index (κ3) is 4.91. The monoisotopic (exact) mass is 257 g/mol. The van der Waals surface area contributed by atoms with Gasteiger partial charge in [-0.2, -0.15) is 13.2 Å². The third-order valence-corrected chi connectivity index (χ3v) is 3.34. The lowest BCUT2D eigenvalue weighted by Crippen LogP contribution is -2.42. The number of halogens is 4. The van der Waals surface area contributed by atoms with Gasteiger partial charge >= 0.3 is 6.18 Å². The number of likely N-dealkylation sites (tertiary alicyclic amines) is 1. The van der Waals surface area contributed by atoms with Gasteiger partial charge in [-0.1, -0.05) is 6.42 Å². The van der Waals surface area contributed by atoms with Crippen molar-refractivity contribution in [3.8, 4) is 0 Å². The fourth-order valence-corrected chi connectivity index (χ4v) is 2.32. The molecule has 0 saturated carbocycles. The molecular formula is C11H19ClF3N. The van der Waals surface area contributed by atoms with E-state index < -0.39 is 12.1 Å². The van der Waals surface area contributed by atoms with Crippen LogP contribution in [0.1, 0.15) is 32.1 Å². The summed E-state index contributed by atoms with van der Waals surface area (Å²) in [4.78, 5) is 1.94. The minimum atomic E-state index is -4.02. The molecule has 0 aromatic heterocycles. The molecule has 1 heterocycles. The van der Waals surface area contributed by atoms with Gasteiger partial charge in [0.05, 0.1) is 5.92 Å². The van der Waals surface area contributed by atoms with Crippen LogP contribution in [0.3, 0.4) is 0 Å². The molecule has 1 fully saturated rings. The highest BCUT2D eigenvalue weighted by Gasteiger charge is 2.41. The molecular weight excluding hydrogens is 239 g/mol. The maximum Gasteiger partial charge on any atom is 0.393 e. The van der Waals surface area contributed by atoms with Crippen molar-refractivity contribution in [2.75, 3.05) is 25.5 Å². The van der Waals surface area contributed by atoms with Gasteiger partial charge in [-0.25, -0.2) is 0 Å². The zero-order valence-electron chi connectivity index (χ0n) is 9.40. The van der Waals surface area contributed by atoms with Crippen LogP contribution in [0.2, 0.25) is 0 Å². The van der Waals surface area contributed by atoms with E-state index in [9.17, 15) is 13.2 Å². The van der Waals surface area contributed by atoms with E-state index in [1.807, 2.05) is 4.90 Å². The molecule has 5 heteroatoms. The third-order valence-electron chi connectivity index (χ3n) is 3.08. The predicted octanol–water partition coefficient (Wildman–Crippen LogP) is 3.67. The normalized spacial score (nSPS) is 23.6. The Morgan fingerprint density at radius 1 is 1.19 bits per heavy atom. The van der Waals surface area contributed by atoms with Gasteiger partial charge < -0.3 is 4.90 Å². The summed E-state index contributed by atoms with van der Waals surface area (Å²) < 4.78 is 37.5. The summed E-state index contributed by atoms with van der Waals surface area (Å²) in [7, 11) is 0. The first-order chi connectivity index (χ1) is 7.54. The lowest BCUT2D eigenvalue weighted by molar-refractivity contribution is -0.186. The maximum absolute atomic E-state index is 12.5. The summed E-state index contributed by atoms with van der Waals surface area (Å²) in [6, 6.07) is 0. The number of unbranched alkanes of at least 4 members (excludes halogenated alkanes) is 2. The molecule has 0 N–H and O–H groups in total. The zero-order valence-corrected chi connectivity index (χ0v) is 10.2. The second-order valence-electron chi connectivity index (χ2n) is 4.43. The van der Waals surface area contributed by atoms with Crippen LogP contribution in [0.5, 0.6) is 0 Å². The highest BCUT2D eigenvalue weighted by atomic mass is 35.5. The number of piperidine rings is 1. The number of alkyl halides is 4. The van der Waals surface area contributed by atoms with Crippen molar-refractivity contribution in [1.29, 1.82) is 0 Å². The van der Waals surface area contributed by atoms with E-state index in [4.69, 9.17) is 11.6 Å². The SMILES string of the molecule is FC(F)(F)C1CCCN(CCCCCCl)C1. The molecule has 1 atom stereocenters. The lowest BCUT2D eigenvalue weighted by Gasteiger charge is -2.33. The second-order valence-corrected chi connectivity index (χ2v) is 4.81. The van der Waals surface area contributed by atoms with Gasteiger partial charge in [-0.3, -0.25) is 0 Å². The van der Waals surface area contributed by atoms with Gasteiger partial charge in [0.25, 0.3) is 0 Å². The summed E-state index contributed by atoms with van der Waals surface area (Å²) in [5.41, 5.74) is 0. The van der Waals surface area contributed by atoms with Crippen LogP contribution in [-0.4, -0.2) is 36.6 Å². The van der Waals surface area contributed by atoms with Crippen molar-refractivity contribution in [2.24, 2.45) is 5.92 Å². The number of hydrogen-bond acceptors (Lipinski definition) is 1. The maximum atomic E-state index is 12.5. The molecule has 0 aromatic carbocycles. The van der Waals surface area contributed by atoms with Crippen LogP contribution in [0.15, 0.2) is 0 Å². The van der Waals surface area contributed by atoms with Crippen molar-refractivity contribution in [3.63, 3.8) is 0 Å². The van der Waals surface area contributed by atoms with Crippen LogP contribution in [0.4, 0.5) is 13.2 Å². The average Bonchev–Trinajstić information content (AvgIpc) is 2.24. The summed E-state index contributed by atoms with van der Waals surface area (Å²) in [6.45, 7) is 1.78. The van der Waals surface area contributed by atoms with Crippen molar-refractivity contribution < 1.29 is 13.2 Å². The van der Waals surface area contributed by atoms with Gasteiger partial charge in [-0.05, 0) is 38.8 Å². The Morgan fingerprint density at radius 3 is 2.56 bits per heavy atom. The average molecular weight is 258 g/mol. The Balaban J connectivity index is 2.23. The predicted molar refractivity (Wildman–Crippen MR) is 59.8 cm³/mol. The first-order valence-electron chi connectivity index (χ1n) is 5.89. The molecule has 96 valence electrons. The Hall–Kier alpha value is 0.0400. The molecule has 0 amide bonds. The summed E-state index contributed by atoms with van der Waals surface area (Å²) in [5, 5.41) is 0. The summed E-state index contributed by atoms with van der Waals surface area (Å²) in [6.07, 6.45) is -0.137. The fraction of sp³-hybridized carbons (Fsp3) is 1.00. The van der Waals surface area contributed by atoms with Crippen molar-refractivity contribution in [2.45, 2.75) is 38.3 Å². The van der Waals surface area contributed by atoms with E-state index in [1.165, 1.54) is 0 Å². The molecule has 0 radical (unpaired) electrons. The van der Waals surface area contributed by atoms with Crippen molar-refractivity contribution in [3.05, 3.63) is 0 Å². The minimum Gasteiger partial charge on any atom is -0.303 e. The molecule has 1 aliphatic rings. The quantitative estimate of drug-likeness (QED) is 0.537. The molecule has 0 aliphatic carbocycles. The largest absolute Gasteiger partial charge is 0.393 e. The first-order valence-corrected chi connectivity index (χ1v) is 6.42. The zero-order chi connectivity index (χ0) is 12.0. The number of hydrogen-bond donors (Lipinski definition) is 0. The highest BCUT2D eigenvalue weighted by molar-refractivity contribution is 6.17. The van der Waals surface area contributed by atoms with Gasteiger partial charge in [0, 0.05) is 12.4 Å². The van der Waals surface area contributed by atoms with Crippen LogP contribution in [0.25, 0.3) is 0 Å². The Bertz CT molecular complexity index is 196. The van der Waals surface area contributed by atoms with Crippen LogP contribution in [-0.2, 0) is 0 Å². The standard InChI is InChI=1S/C11H19ClF3N/c12-6-2-1-3-7-16-8-4-5-10(9-16)11(13,14)15/h10H,1-9H2. The molecule has 1 nitrogen and oxygen atoms in total. The molecule has 1 aliphatic heterocycles. The molecule has 1 unspecified atom stereocenters. The minimum absolute atomic E-state index is 0.185. The van der Waals surface area contributed by atoms with Gasteiger partial charge in [0.1, 0.15) is 0 Å². The van der Waals surface area contributed by atoms with Gasteiger partial charge in [-0.15, -0.1) is 11.6 Å². The summed E-state index contributed by atoms with van der Waals surface area (Å²) in [5.74, 6) is -0.472. The van der Waals surface area contributed by atoms with Crippen LogP contribution >= 0.6 is 11.6 Å². The first kappa shape index (κ1) is 14.1. The molecule has 1 saturated heterocycles. The highest BCUT2D eigenvalue weighted by Crippen LogP contribution is 2.33. The van der Waals surface area contributed by atoms with Crippen molar-refractivity contribution in [1.82, 2.24) is 4.90 Å². The van der Waals surface area contributed by atoms with Crippen LogP contribution in [0, 0.1) is 5.92 Å². The molecule has 16 heavy (non-hydrogen) atoms. The van der Waals surface area contributed by atoms with Gasteiger partial charge in [0.2, 0.25) is 0 Å².